The second kappa shape index (κ2) is 7.57. The fourth-order valence-corrected chi connectivity index (χ4v) is 3.90. The van der Waals surface area contributed by atoms with E-state index in [1.807, 2.05) is 39.0 Å². The van der Waals surface area contributed by atoms with Crippen LogP contribution in [0, 0.1) is 0 Å². The van der Waals surface area contributed by atoms with Gasteiger partial charge < -0.3 is 10.5 Å². The van der Waals surface area contributed by atoms with Gasteiger partial charge in [-0.2, -0.15) is 5.10 Å². The van der Waals surface area contributed by atoms with Crippen LogP contribution in [0.3, 0.4) is 0 Å². The van der Waals surface area contributed by atoms with Crippen molar-refractivity contribution in [3.05, 3.63) is 64.3 Å². The zero-order chi connectivity index (χ0) is 22.3. The van der Waals surface area contributed by atoms with Crippen molar-refractivity contribution in [3.63, 3.8) is 0 Å². The van der Waals surface area contributed by atoms with Crippen LogP contribution in [0.25, 0.3) is 11.2 Å². The smallest absolute Gasteiger partial charge is 0.410 e. The van der Waals surface area contributed by atoms with E-state index >= 15 is 0 Å². The van der Waals surface area contributed by atoms with Crippen molar-refractivity contribution in [2.75, 3.05) is 6.54 Å². The first-order chi connectivity index (χ1) is 14.7. The Morgan fingerprint density at radius 1 is 1.16 bits per heavy atom. The van der Waals surface area contributed by atoms with Gasteiger partial charge in [0.25, 0.3) is 11.5 Å². The summed E-state index contributed by atoms with van der Waals surface area (Å²) in [6, 6.07) is 10.0. The van der Waals surface area contributed by atoms with Gasteiger partial charge in [-0.15, -0.1) is 0 Å². The molecule has 31 heavy (non-hydrogen) atoms. The minimum absolute atomic E-state index is 0.0990. The molecule has 2 N–H and O–H groups in total. The number of aromatic nitrogens is 3. The Hall–Kier alpha value is -3.62. The molecule has 4 rings (SSSR count). The van der Waals surface area contributed by atoms with Crippen LogP contribution in [0.4, 0.5) is 4.79 Å². The largest absolute Gasteiger partial charge is 0.444 e. The number of hydrogen-bond donors (Lipinski definition) is 1. The quantitative estimate of drug-likeness (QED) is 0.696. The van der Waals surface area contributed by atoms with Gasteiger partial charge in [0.05, 0.1) is 17.3 Å². The number of primary amides is 1. The summed E-state index contributed by atoms with van der Waals surface area (Å²) in [7, 11) is 0. The summed E-state index contributed by atoms with van der Waals surface area (Å²) < 4.78 is 8.39. The highest BCUT2D eigenvalue weighted by Crippen LogP contribution is 2.33. The molecule has 2 amide bonds. The van der Waals surface area contributed by atoms with Gasteiger partial charge >= 0.3 is 6.09 Å². The van der Waals surface area contributed by atoms with Gasteiger partial charge in [0.15, 0.2) is 5.82 Å². The van der Waals surface area contributed by atoms with Crippen LogP contribution in [0.2, 0.25) is 0 Å². The molecule has 0 radical (unpaired) electrons. The topological polar surface area (TPSA) is 112 Å². The molecule has 1 unspecified atom stereocenters. The summed E-state index contributed by atoms with van der Waals surface area (Å²) in [5.41, 5.74) is 5.19. The SMILES string of the molecule is CC(C)(C)OC(=O)N1CCCC1c1nn2ccc(C(N)=O)c2c(=O)n1-c1ccccc1. The number of benzene rings is 1. The first-order valence-electron chi connectivity index (χ1n) is 10.2. The molecule has 2 aromatic heterocycles. The van der Waals surface area contributed by atoms with Crippen LogP contribution in [-0.2, 0) is 4.74 Å². The molecular formula is C22H25N5O4. The van der Waals surface area contributed by atoms with Gasteiger partial charge in [-0.1, -0.05) is 18.2 Å². The predicted octanol–water partition coefficient (Wildman–Crippen LogP) is 2.66. The van der Waals surface area contributed by atoms with Crippen molar-refractivity contribution in [1.82, 2.24) is 19.1 Å². The van der Waals surface area contributed by atoms with E-state index in [9.17, 15) is 14.4 Å². The Balaban J connectivity index is 1.92. The average Bonchev–Trinajstić information content (AvgIpc) is 3.34. The van der Waals surface area contributed by atoms with Crippen LogP contribution in [-0.4, -0.2) is 43.2 Å². The molecule has 9 heteroatoms. The molecule has 1 atom stereocenters. The van der Waals surface area contributed by atoms with Crippen molar-refractivity contribution in [2.45, 2.75) is 45.3 Å². The van der Waals surface area contributed by atoms with Crippen LogP contribution in [0.5, 0.6) is 0 Å². The summed E-state index contributed by atoms with van der Waals surface area (Å²) in [4.78, 5) is 39.9. The third kappa shape index (κ3) is 3.78. The molecular weight excluding hydrogens is 398 g/mol. The molecule has 0 bridgehead atoms. The maximum atomic E-state index is 13.6. The zero-order valence-electron chi connectivity index (χ0n) is 17.7. The molecule has 0 saturated carbocycles. The summed E-state index contributed by atoms with van der Waals surface area (Å²) in [5.74, 6) is -0.302. The predicted molar refractivity (Wildman–Crippen MR) is 114 cm³/mol. The number of para-hydroxylation sites is 1. The van der Waals surface area contributed by atoms with Crippen molar-refractivity contribution in [1.29, 1.82) is 0 Å². The Kier molecular flexibility index (Phi) is 5.04. The summed E-state index contributed by atoms with van der Waals surface area (Å²) in [6.07, 6.45) is 2.47. The van der Waals surface area contributed by atoms with Crippen molar-refractivity contribution >= 4 is 17.5 Å². The van der Waals surface area contributed by atoms with Crippen LogP contribution < -0.4 is 11.3 Å². The van der Waals surface area contributed by atoms with E-state index in [0.29, 0.717) is 24.5 Å². The fraction of sp³-hybridized carbons (Fsp3) is 0.364. The van der Waals surface area contributed by atoms with E-state index in [-0.39, 0.29) is 11.1 Å². The summed E-state index contributed by atoms with van der Waals surface area (Å²) in [6.45, 7) is 5.93. The average molecular weight is 423 g/mol. The zero-order valence-corrected chi connectivity index (χ0v) is 17.7. The minimum atomic E-state index is -0.704. The molecule has 0 aliphatic carbocycles. The highest BCUT2D eigenvalue weighted by Gasteiger charge is 2.37. The van der Waals surface area contributed by atoms with Crippen LogP contribution >= 0.6 is 0 Å². The van der Waals surface area contributed by atoms with Gasteiger partial charge in [-0.3, -0.25) is 19.1 Å². The van der Waals surface area contributed by atoms with E-state index in [4.69, 9.17) is 10.5 Å². The lowest BCUT2D eigenvalue weighted by molar-refractivity contribution is 0.0215. The van der Waals surface area contributed by atoms with Gasteiger partial charge in [-0.05, 0) is 51.8 Å². The number of fused-ring (bicyclic) bond motifs is 1. The van der Waals surface area contributed by atoms with E-state index in [0.717, 1.165) is 6.42 Å². The lowest BCUT2D eigenvalue weighted by atomic mass is 10.2. The number of nitrogens with zero attached hydrogens (tertiary/aromatic N) is 4. The molecule has 1 fully saturated rings. The molecule has 1 aromatic carbocycles. The minimum Gasteiger partial charge on any atom is -0.444 e. The molecule has 3 aromatic rings. The second-order valence-corrected chi connectivity index (χ2v) is 8.55. The van der Waals surface area contributed by atoms with Crippen LogP contribution in [0.1, 0.15) is 55.8 Å². The van der Waals surface area contributed by atoms with Crippen molar-refractivity contribution in [2.24, 2.45) is 5.73 Å². The molecule has 0 spiro atoms. The molecule has 1 aliphatic rings. The van der Waals surface area contributed by atoms with E-state index < -0.39 is 29.2 Å². The standard InChI is InChI=1S/C22H25N5O4/c1-22(2,3)31-21(30)25-12-7-10-16(25)19-24-26-13-11-15(18(23)28)17(26)20(29)27(19)14-8-5-4-6-9-14/h4-6,8-9,11,13,16H,7,10,12H2,1-3H3,(H2,23,28). The number of amides is 2. The Labute approximate surface area is 179 Å². The first-order valence-corrected chi connectivity index (χ1v) is 10.2. The number of ether oxygens (including phenoxy) is 1. The van der Waals surface area contributed by atoms with Gasteiger partial charge in [0.2, 0.25) is 0 Å². The Bertz CT molecular complexity index is 1210. The van der Waals surface area contributed by atoms with E-state index in [1.165, 1.54) is 21.3 Å². The first kappa shape index (κ1) is 20.6. The fourth-order valence-electron chi connectivity index (χ4n) is 3.90. The monoisotopic (exact) mass is 423 g/mol. The third-order valence-corrected chi connectivity index (χ3v) is 5.17. The van der Waals surface area contributed by atoms with E-state index in [2.05, 4.69) is 5.10 Å². The number of likely N-dealkylation sites (tertiary alicyclic amines) is 1. The Morgan fingerprint density at radius 3 is 2.52 bits per heavy atom. The van der Waals surface area contributed by atoms with Gasteiger partial charge in [-0.25, -0.2) is 9.31 Å². The number of nitrogens with two attached hydrogens (primary N) is 1. The van der Waals surface area contributed by atoms with Crippen molar-refractivity contribution in [3.8, 4) is 5.69 Å². The molecule has 162 valence electrons. The van der Waals surface area contributed by atoms with Crippen molar-refractivity contribution < 1.29 is 14.3 Å². The number of carbonyl (C=O) groups is 2. The highest BCUT2D eigenvalue weighted by atomic mass is 16.6. The lowest BCUT2D eigenvalue weighted by Gasteiger charge is -2.29. The molecule has 1 aliphatic heterocycles. The molecule has 9 nitrogen and oxygen atoms in total. The molecule has 1 saturated heterocycles. The summed E-state index contributed by atoms with van der Waals surface area (Å²) in [5, 5.41) is 4.65. The number of rotatable bonds is 3. The maximum absolute atomic E-state index is 13.6. The summed E-state index contributed by atoms with van der Waals surface area (Å²) >= 11 is 0. The number of carbonyl (C=O) groups excluding carboxylic acids is 2. The third-order valence-electron chi connectivity index (χ3n) is 5.17. The van der Waals surface area contributed by atoms with E-state index in [1.54, 1.807) is 17.0 Å². The maximum Gasteiger partial charge on any atom is 0.410 e. The highest BCUT2D eigenvalue weighted by molar-refractivity contribution is 5.99. The number of hydrogen-bond acceptors (Lipinski definition) is 5. The Morgan fingerprint density at radius 2 is 1.87 bits per heavy atom. The van der Waals surface area contributed by atoms with Gasteiger partial charge in [0.1, 0.15) is 11.1 Å². The molecule has 3 heterocycles. The van der Waals surface area contributed by atoms with Gasteiger partial charge in [0, 0.05) is 12.7 Å². The lowest BCUT2D eigenvalue weighted by Crippen LogP contribution is -2.39. The second-order valence-electron chi connectivity index (χ2n) is 8.55. The van der Waals surface area contributed by atoms with Crippen LogP contribution in [0.15, 0.2) is 47.4 Å². The normalized spacial score (nSPS) is 16.6.